The van der Waals surface area contributed by atoms with E-state index in [1.54, 1.807) is 17.0 Å². The quantitative estimate of drug-likeness (QED) is 0.541. The van der Waals surface area contributed by atoms with Crippen molar-refractivity contribution < 1.29 is 23.9 Å². The molecule has 9 heteroatoms. The summed E-state index contributed by atoms with van der Waals surface area (Å²) in [5.74, 6) is -1.18. The number of piperazine rings is 1. The van der Waals surface area contributed by atoms with Crippen LogP contribution in [0.15, 0.2) is 24.3 Å². The van der Waals surface area contributed by atoms with E-state index in [4.69, 9.17) is 21.7 Å². The van der Waals surface area contributed by atoms with E-state index in [0.29, 0.717) is 25.3 Å². The van der Waals surface area contributed by atoms with Crippen LogP contribution in [-0.2, 0) is 19.1 Å². The molecule has 0 bridgehead atoms. The molecule has 0 spiro atoms. The van der Waals surface area contributed by atoms with Crippen molar-refractivity contribution in [1.29, 1.82) is 0 Å². The van der Waals surface area contributed by atoms with Gasteiger partial charge < -0.3 is 19.7 Å². The number of hydrogen-bond acceptors (Lipinski definition) is 6. The first-order valence-corrected chi connectivity index (χ1v) is 10.1. The number of aryl methyl sites for hydroxylation is 1. The summed E-state index contributed by atoms with van der Waals surface area (Å²) in [5, 5.41) is 5.49. The highest BCUT2D eigenvalue weighted by Crippen LogP contribution is 2.14. The van der Waals surface area contributed by atoms with Gasteiger partial charge in [-0.25, -0.2) is 0 Å². The zero-order valence-electron chi connectivity index (χ0n) is 16.3. The molecule has 0 aromatic heterocycles. The lowest BCUT2D eigenvalue weighted by Gasteiger charge is -2.36. The van der Waals surface area contributed by atoms with E-state index >= 15 is 0 Å². The van der Waals surface area contributed by atoms with Crippen LogP contribution in [0.5, 0.6) is 0 Å². The SMILES string of the molecule is Cc1ccc(C(=O)NC(=S)N2CCNC(=O)[C@H]2CC(=O)OC[C@@H]2CCCO2)cc1. The van der Waals surface area contributed by atoms with Gasteiger partial charge in [0, 0.05) is 25.3 Å². The second-order valence-electron chi connectivity index (χ2n) is 7.15. The van der Waals surface area contributed by atoms with Crippen LogP contribution in [-0.4, -0.2) is 66.2 Å². The maximum absolute atomic E-state index is 12.4. The monoisotopic (exact) mass is 419 g/mol. The highest BCUT2D eigenvalue weighted by molar-refractivity contribution is 7.80. The van der Waals surface area contributed by atoms with Crippen molar-refractivity contribution in [1.82, 2.24) is 15.5 Å². The molecular formula is C20H25N3O5S. The van der Waals surface area contributed by atoms with Gasteiger partial charge in [0.05, 0.1) is 12.5 Å². The first-order valence-electron chi connectivity index (χ1n) is 9.67. The maximum Gasteiger partial charge on any atom is 0.308 e. The Kier molecular flexibility index (Phi) is 7.16. The molecule has 2 fully saturated rings. The second-order valence-corrected chi connectivity index (χ2v) is 7.53. The van der Waals surface area contributed by atoms with E-state index in [1.807, 2.05) is 19.1 Å². The fraction of sp³-hybridized carbons (Fsp3) is 0.500. The molecule has 2 atom stereocenters. The molecule has 0 radical (unpaired) electrons. The molecule has 156 valence electrons. The first-order chi connectivity index (χ1) is 13.9. The average Bonchev–Trinajstić information content (AvgIpc) is 3.22. The Hall–Kier alpha value is -2.52. The molecule has 1 aromatic rings. The smallest absolute Gasteiger partial charge is 0.308 e. The molecule has 2 N–H and O–H groups in total. The minimum Gasteiger partial charge on any atom is -0.463 e. The normalized spacial score (nSPS) is 21.4. The lowest BCUT2D eigenvalue weighted by molar-refractivity contribution is -0.150. The van der Waals surface area contributed by atoms with Crippen molar-refractivity contribution in [3.05, 3.63) is 35.4 Å². The number of amides is 2. The van der Waals surface area contributed by atoms with Crippen molar-refractivity contribution >= 4 is 35.1 Å². The van der Waals surface area contributed by atoms with Crippen LogP contribution in [0.4, 0.5) is 0 Å². The molecule has 29 heavy (non-hydrogen) atoms. The Labute approximate surface area is 174 Å². The highest BCUT2D eigenvalue weighted by atomic mass is 32.1. The molecule has 2 aliphatic rings. The number of carbonyl (C=O) groups excluding carboxylic acids is 3. The van der Waals surface area contributed by atoms with E-state index < -0.39 is 12.0 Å². The zero-order valence-corrected chi connectivity index (χ0v) is 17.1. The minimum atomic E-state index is -0.827. The predicted octanol–water partition coefficient (Wildman–Crippen LogP) is 0.922. The van der Waals surface area contributed by atoms with Crippen molar-refractivity contribution in [2.75, 3.05) is 26.3 Å². The van der Waals surface area contributed by atoms with Gasteiger partial charge in [-0.2, -0.15) is 0 Å². The third-order valence-corrected chi connectivity index (χ3v) is 5.28. The average molecular weight is 420 g/mol. The van der Waals surface area contributed by atoms with Crippen LogP contribution < -0.4 is 10.6 Å². The van der Waals surface area contributed by atoms with E-state index in [9.17, 15) is 14.4 Å². The first kappa shape index (κ1) is 21.2. The molecule has 8 nitrogen and oxygen atoms in total. The summed E-state index contributed by atoms with van der Waals surface area (Å²) in [6, 6.07) is 6.25. The summed E-state index contributed by atoms with van der Waals surface area (Å²) in [6.45, 7) is 3.56. The number of thiocarbonyl (C=S) groups is 1. The van der Waals surface area contributed by atoms with Gasteiger partial charge in [-0.3, -0.25) is 19.7 Å². The molecule has 2 heterocycles. The van der Waals surface area contributed by atoms with Crippen molar-refractivity contribution in [3.63, 3.8) is 0 Å². The number of carbonyl (C=O) groups is 3. The van der Waals surface area contributed by atoms with Crippen LogP contribution in [0.1, 0.15) is 35.2 Å². The number of benzene rings is 1. The predicted molar refractivity (Wildman–Crippen MR) is 109 cm³/mol. The van der Waals surface area contributed by atoms with E-state index in [0.717, 1.165) is 18.4 Å². The van der Waals surface area contributed by atoms with Crippen LogP contribution in [0, 0.1) is 6.92 Å². The lowest BCUT2D eigenvalue weighted by atomic mass is 10.1. The number of hydrogen-bond donors (Lipinski definition) is 2. The molecule has 2 amide bonds. The van der Waals surface area contributed by atoms with Crippen LogP contribution in [0.25, 0.3) is 0 Å². The zero-order chi connectivity index (χ0) is 20.8. The van der Waals surface area contributed by atoms with Gasteiger partial charge in [-0.15, -0.1) is 0 Å². The van der Waals surface area contributed by atoms with Crippen molar-refractivity contribution in [3.8, 4) is 0 Å². The third-order valence-electron chi connectivity index (χ3n) is 4.94. The molecule has 2 aliphatic heterocycles. The summed E-state index contributed by atoms with van der Waals surface area (Å²) in [6.07, 6.45) is 1.58. The van der Waals surface area contributed by atoms with Crippen molar-refractivity contribution in [2.24, 2.45) is 0 Å². The Bertz CT molecular complexity index is 777. The lowest BCUT2D eigenvalue weighted by Crippen LogP contribution is -2.60. The van der Waals surface area contributed by atoms with Crippen LogP contribution >= 0.6 is 12.2 Å². The Morgan fingerprint density at radius 3 is 2.79 bits per heavy atom. The van der Waals surface area contributed by atoms with Gasteiger partial charge >= 0.3 is 5.97 Å². The number of nitrogens with zero attached hydrogens (tertiary/aromatic N) is 1. The number of rotatable bonds is 5. The second kappa shape index (κ2) is 9.80. The molecule has 1 aromatic carbocycles. The number of nitrogens with one attached hydrogen (secondary N) is 2. The number of ether oxygens (including phenoxy) is 2. The molecule has 2 saturated heterocycles. The Morgan fingerprint density at radius 1 is 1.34 bits per heavy atom. The Balaban J connectivity index is 1.58. The third kappa shape index (κ3) is 5.74. The number of esters is 1. The molecule has 3 rings (SSSR count). The van der Waals surface area contributed by atoms with E-state index in [2.05, 4.69) is 10.6 Å². The molecule has 0 aliphatic carbocycles. The standard InChI is InChI=1S/C20H25N3O5S/c1-13-4-6-14(7-5-13)18(25)22-20(29)23-9-8-21-19(26)16(23)11-17(24)28-12-15-3-2-10-27-15/h4-7,15-16H,2-3,8-12H2,1H3,(H,21,26)(H,22,25,29)/t15-,16+/m0/s1. The van der Waals surface area contributed by atoms with Gasteiger partial charge in [0.15, 0.2) is 5.11 Å². The van der Waals surface area contributed by atoms with Gasteiger partial charge in [0.25, 0.3) is 5.91 Å². The summed E-state index contributed by atoms with van der Waals surface area (Å²) in [7, 11) is 0. The van der Waals surface area contributed by atoms with Crippen molar-refractivity contribution in [2.45, 2.75) is 38.3 Å². The summed E-state index contributed by atoms with van der Waals surface area (Å²) in [5.41, 5.74) is 1.50. The fourth-order valence-electron chi connectivity index (χ4n) is 3.29. The van der Waals surface area contributed by atoms with Crippen LogP contribution in [0.3, 0.4) is 0 Å². The summed E-state index contributed by atoms with van der Waals surface area (Å²) < 4.78 is 10.7. The minimum absolute atomic E-state index is 0.0786. The van der Waals surface area contributed by atoms with E-state index in [-0.39, 0.29) is 36.1 Å². The summed E-state index contributed by atoms with van der Waals surface area (Å²) >= 11 is 5.35. The molecule has 0 unspecified atom stereocenters. The molecule has 0 saturated carbocycles. The van der Waals surface area contributed by atoms with Gasteiger partial charge in [-0.05, 0) is 44.1 Å². The molecular weight excluding hydrogens is 394 g/mol. The van der Waals surface area contributed by atoms with Crippen LogP contribution in [0.2, 0.25) is 0 Å². The summed E-state index contributed by atoms with van der Waals surface area (Å²) in [4.78, 5) is 38.6. The fourth-order valence-corrected chi connectivity index (χ4v) is 3.60. The van der Waals surface area contributed by atoms with E-state index in [1.165, 1.54) is 0 Å². The Morgan fingerprint density at radius 2 is 2.10 bits per heavy atom. The maximum atomic E-state index is 12.4. The van der Waals surface area contributed by atoms with Gasteiger partial charge in [-0.1, -0.05) is 17.7 Å². The van der Waals surface area contributed by atoms with Gasteiger partial charge in [0.1, 0.15) is 12.6 Å². The topological polar surface area (TPSA) is 97.0 Å². The largest absolute Gasteiger partial charge is 0.463 e. The highest BCUT2D eigenvalue weighted by Gasteiger charge is 2.34. The van der Waals surface area contributed by atoms with Gasteiger partial charge in [0.2, 0.25) is 5.91 Å².